The van der Waals surface area contributed by atoms with E-state index in [4.69, 9.17) is 0 Å². The van der Waals surface area contributed by atoms with Crippen LogP contribution in [0.25, 0.3) is 0 Å². The second kappa shape index (κ2) is 9.55. The zero-order chi connectivity index (χ0) is 19.1. The molecule has 1 aromatic rings. The van der Waals surface area contributed by atoms with Crippen molar-refractivity contribution in [3.05, 3.63) is 30.3 Å². The number of benzene rings is 1. The lowest BCUT2D eigenvalue weighted by molar-refractivity contribution is 0.230. The summed E-state index contributed by atoms with van der Waals surface area (Å²) in [6, 6.07) is 8.81. The molecule has 1 atom stereocenters. The van der Waals surface area contributed by atoms with Crippen molar-refractivity contribution in [1.29, 1.82) is 0 Å². The van der Waals surface area contributed by atoms with Crippen LogP contribution in [0.4, 0.5) is 10.5 Å². The fourth-order valence-electron chi connectivity index (χ4n) is 4.20. The van der Waals surface area contributed by atoms with Crippen molar-refractivity contribution >= 4 is 21.7 Å². The molecule has 0 radical (unpaired) electrons. The number of carbonyl (C=O) groups excluding carboxylic acids is 1. The van der Waals surface area contributed by atoms with Crippen molar-refractivity contribution in [3.8, 4) is 0 Å². The highest BCUT2D eigenvalue weighted by molar-refractivity contribution is 7.89. The Morgan fingerprint density at radius 3 is 2.44 bits per heavy atom. The van der Waals surface area contributed by atoms with Crippen LogP contribution in [0.1, 0.15) is 51.4 Å². The van der Waals surface area contributed by atoms with E-state index in [1.54, 1.807) is 4.31 Å². The lowest BCUT2D eigenvalue weighted by Gasteiger charge is -2.36. The molecule has 3 rings (SSSR count). The number of carbonyl (C=O) groups is 1. The van der Waals surface area contributed by atoms with Gasteiger partial charge >= 0.3 is 6.03 Å². The molecule has 1 saturated heterocycles. The first kappa shape index (κ1) is 20.1. The predicted octanol–water partition coefficient (Wildman–Crippen LogP) is 3.57. The van der Waals surface area contributed by atoms with Gasteiger partial charge < -0.3 is 10.6 Å². The molecule has 2 aliphatic rings. The molecule has 7 heteroatoms. The van der Waals surface area contributed by atoms with Crippen molar-refractivity contribution in [2.75, 3.05) is 24.2 Å². The van der Waals surface area contributed by atoms with Crippen LogP contribution < -0.4 is 10.6 Å². The number of rotatable bonds is 6. The number of urea groups is 1. The maximum absolute atomic E-state index is 13.0. The Bertz CT molecular complexity index is 702. The number of anilines is 1. The Morgan fingerprint density at radius 2 is 1.70 bits per heavy atom. The molecule has 1 aromatic carbocycles. The second-order valence-electron chi connectivity index (χ2n) is 7.74. The minimum Gasteiger partial charge on any atom is -0.336 e. The van der Waals surface area contributed by atoms with E-state index in [2.05, 4.69) is 10.6 Å². The molecule has 2 N–H and O–H groups in total. The van der Waals surface area contributed by atoms with Crippen LogP contribution in [0.15, 0.2) is 30.3 Å². The highest BCUT2D eigenvalue weighted by atomic mass is 32.2. The summed E-state index contributed by atoms with van der Waals surface area (Å²) in [6.07, 6.45) is 8.26. The van der Waals surface area contributed by atoms with Gasteiger partial charge in [-0.1, -0.05) is 43.9 Å². The first-order valence-corrected chi connectivity index (χ1v) is 11.7. The summed E-state index contributed by atoms with van der Waals surface area (Å²) in [5.74, 6) is 0.556. The van der Waals surface area contributed by atoms with E-state index < -0.39 is 10.0 Å². The van der Waals surface area contributed by atoms with Gasteiger partial charge in [-0.25, -0.2) is 13.2 Å². The number of piperidine rings is 1. The van der Waals surface area contributed by atoms with Crippen LogP contribution in [0, 0.1) is 5.92 Å². The Balaban J connectivity index is 1.55. The summed E-state index contributed by atoms with van der Waals surface area (Å²) >= 11 is 0. The third kappa shape index (κ3) is 5.94. The van der Waals surface area contributed by atoms with E-state index in [9.17, 15) is 13.2 Å². The number of sulfonamides is 1. The molecule has 27 heavy (non-hydrogen) atoms. The van der Waals surface area contributed by atoms with E-state index in [0.29, 0.717) is 19.0 Å². The zero-order valence-corrected chi connectivity index (χ0v) is 16.7. The van der Waals surface area contributed by atoms with Gasteiger partial charge in [-0.15, -0.1) is 0 Å². The van der Waals surface area contributed by atoms with Crippen LogP contribution in [0.5, 0.6) is 0 Å². The lowest BCUT2D eigenvalue weighted by atomic mass is 9.91. The Hall–Kier alpha value is -1.60. The normalized spacial score (nSPS) is 22.3. The number of nitrogens with zero attached hydrogens (tertiary/aromatic N) is 1. The minimum absolute atomic E-state index is 0.145. The standard InChI is InChI=1S/C20H31N3O3S/c24-20(22-18-11-5-2-6-12-18)21-15-19-13-7-8-14-23(19)27(25,26)16-17-9-3-1-4-10-17/h2,5-6,11-12,17,19H,1,3-4,7-10,13-16H2,(H2,21,22,24). The van der Waals surface area contributed by atoms with E-state index in [1.807, 2.05) is 30.3 Å². The van der Waals surface area contributed by atoms with Crippen LogP contribution in [0.2, 0.25) is 0 Å². The molecule has 0 aromatic heterocycles. The molecule has 1 saturated carbocycles. The molecular weight excluding hydrogens is 362 g/mol. The van der Waals surface area contributed by atoms with E-state index in [1.165, 1.54) is 6.42 Å². The molecule has 150 valence electrons. The van der Waals surface area contributed by atoms with Crippen LogP contribution in [-0.4, -0.2) is 43.6 Å². The summed E-state index contributed by atoms with van der Waals surface area (Å²) in [4.78, 5) is 12.1. The van der Waals surface area contributed by atoms with Crippen LogP contribution in [-0.2, 0) is 10.0 Å². The van der Waals surface area contributed by atoms with Gasteiger partial charge in [0.25, 0.3) is 0 Å². The summed E-state index contributed by atoms with van der Waals surface area (Å²) in [5, 5.41) is 5.63. The molecule has 1 unspecified atom stereocenters. The van der Waals surface area contributed by atoms with Crippen LogP contribution >= 0.6 is 0 Å². The second-order valence-corrected chi connectivity index (χ2v) is 9.71. The summed E-state index contributed by atoms with van der Waals surface area (Å²) in [5.41, 5.74) is 0.723. The van der Waals surface area contributed by atoms with E-state index in [-0.39, 0.29) is 17.8 Å². The maximum Gasteiger partial charge on any atom is 0.319 e. The quantitative estimate of drug-likeness (QED) is 0.775. The molecule has 1 heterocycles. The summed E-state index contributed by atoms with van der Waals surface area (Å²) in [6.45, 7) is 0.921. The number of hydrogen-bond acceptors (Lipinski definition) is 3. The number of hydrogen-bond donors (Lipinski definition) is 2. The largest absolute Gasteiger partial charge is 0.336 e. The van der Waals surface area contributed by atoms with E-state index >= 15 is 0 Å². The number of amides is 2. The molecule has 1 aliphatic carbocycles. The predicted molar refractivity (Wildman–Crippen MR) is 108 cm³/mol. The van der Waals surface area contributed by atoms with Gasteiger partial charge in [-0.2, -0.15) is 4.31 Å². The van der Waals surface area contributed by atoms with Crippen LogP contribution in [0.3, 0.4) is 0 Å². The van der Waals surface area contributed by atoms with Gasteiger partial charge in [0.15, 0.2) is 0 Å². The van der Waals surface area contributed by atoms with Gasteiger partial charge in [-0.05, 0) is 43.7 Å². The van der Waals surface area contributed by atoms with Crippen molar-refractivity contribution in [3.63, 3.8) is 0 Å². The minimum atomic E-state index is -3.28. The summed E-state index contributed by atoms with van der Waals surface area (Å²) in [7, 11) is -3.28. The maximum atomic E-state index is 13.0. The van der Waals surface area contributed by atoms with Crippen molar-refractivity contribution in [2.24, 2.45) is 5.92 Å². The smallest absolute Gasteiger partial charge is 0.319 e. The third-order valence-electron chi connectivity index (χ3n) is 5.63. The fourth-order valence-corrected chi connectivity index (χ4v) is 6.36. The average molecular weight is 394 g/mol. The Labute approximate surface area is 162 Å². The molecule has 0 spiro atoms. The monoisotopic (exact) mass is 393 g/mol. The van der Waals surface area contributed by atoms with Gasteiger partial charge in [0.2, 0.25) is 10.0 Å². The Kier molecular flexibility index (Phi) is 7.13. The lowest BCUT2D eigenvalue weighted by Crippen LogP contribution is -2.51. The third-order valence-corrected chi connectivity index (χ3v) is 7.72. The molecule has 0 bridgehead atoms. The number of nitrogens with one attached hydrogen (secondary N) is 2. The first-order valence-electron chi connectivity index (χ1n) is 10.1. The SMILES string of the molecule is O=C(NCC1CCCCN1S(=O)(=O)CC1CCCCC1)Nc1ccccc1. The van der Waals surface area contributed by atoms with Gasteiger partial charge in [0.1, 0.15) is 0 Å². The number of para-hydroxylation sites is 1. The van der Waals surface area contributed by atoms with Gasteiger partial charge in [0.05, 0.1) is 5.75 Å². The van der Waals surface area contributed by atoms with Crippen molar-refractivity contribution in [1.82, 2.24) is 9.62 Å². The summed E-state index contributed by atoms with van der Waals surface area (Å²) < 4.78 is 27.7. The molecule has 2 amide bonds. The molecule has 2 fully saturated rings. The van der Waals surface area contributed by atoms with Gasteiger partial charge in [-0.3, -0.25) is 0 Å². The highest BCUT2D eigenvalue weighted by Gasteiger charge is 2.34. The first-order chi connectivity index (χ1) is 13.0. The highest BCUT2D eigenvalue weighted by Crippen LogP contribution is 2.28. The van der Waals surface area contributed by atoms with Crippen molar-refractivity contribution in [2.45, 2.75) is 57.4 Å². The van der Waals surface area contributed by atoms with E-state index in [0.717, 1.165) is 50.6 Å². The average Bonchev–Trinajstić information content (AvgIpc) is 2.68. The van der Waals surface area contributed by atoms with Crippen molar-refractivity contribution < 1.29 is 13.2 Å². The fraction of sp³-hybridized carbons (Fsp3) is 0.650. The molecule has 1 aliphatic heterocycles. The zero-order valence-electron chi connectivity index (χ0n) is 15.9. The Morgan fingerprint density at radius 1 is 1.00 bits per heavy atom. The van der Waals surface area contributed by atoms with Gasteiger partial charge in [0, 0.05) is 24.8 Å². The molecule has 6 nitrogen and oxygen atoms in total. The topological polar surface area (TPSA) is 78.5 Å². The molecular formula is C20H31N3O3S.